The Kier molecular flexibility index (Phi) is 12.7. The van der Waals surface area contributed by atoms with Crippen LogP contribution >= 0.6 is 0 Å². The lowest BCUT2D eigenvalue weighted by atomic mass is 9.81. The second kappa shape index (κ2) is 12.7. The fourth-order valence-electron chi connectivity index (χ4n) is 3.12. The fourth-order valence-corrected chi connectivity index (χ4v) is 3.12. The maximum atomic E-state index is 3.36. The third kappa shape index (κ3) is 13.0. The molecule has 0 amide bonds. The zero-order valence-corrected chi connectivity index (χ0v) is 15.1. The highest BCUT2D eigenvalue weighted by atomic mass is 14.9. The minimum atomic E-state index is 0.503. The minimum Gasteiger partial charge on any atom is -0.317 e. The fraction of sp³-hybridized carbons (Fsp3) is 1.00. The highest BCUT2D eigenvalue weighted by Gasteiger charge is 2.19. The molecule has 0 bridgehead atoms. The number of hydrogen-bond acceptors (Lipinski definition) is 1. The van der Waals surface area contributed by atoms with Gasteiger partial charge in [0.2, 0.25) is 0 Å². The summed E-state index contributed by atoms with van der Waals surface area (Å²) in [5.41, 5.74) is 0.503. The maximum Gasteiger partial charge on any atom is 0.00408 e. The molecular weight excluding hydrogens is 242 g/mol. The first kappa shape index (κ1) is 20.0. The molecule has 0 rings (SSSR count). The Morgan fingerprint density at radius 3 is 1.70 bits per heavy atom. The summed E-state index contributed by atoms with van der Waals surface area (Å²) < 4.78 is 0. The molecular formula is C19H41N. The van der Waals surface area contributed by atoms with E-state index >= 15 is 0 Å². The molecule has 20 heavy (non-hydrogen) atoms. The van der Waals surface area contributed by atoms with E-state index in [0.717, 1.165) is 0 Å². The molecule has 0 saturated carbocycles. The van der Waals surface area contributed by atoms with Crippen molar-refractivity contribution in [3.63, 3.8) is 0 Å². The summed E-state index contributed by atoms with van der Waals surface area (Å²) in [5.74, 6) is 0. The van der Waals surface area contributed by atoms with Crippen LogP contribution in [0.5, 0.6) is 0 Å². The summed E-state index contributed by atoms with van der Waals surface area (Å²) in [6, 6.07) is 0.646. The van der Waals surface area contributed by atoms with Crippen molar-refractivity contribution in [1.82, 2.24) is 5.32 Å². The molecule has 1 unspecified atom stereocenters. The van der Waals surface area contributed by atoms with Gasteiger partial charge < -0.3 is 5.32 Å². The molecule has 1 N–H and O–H groups in total. The van der Waals surface area contributed by atoms with E-state index in [2.05, 4.69) is 40.1 Å². The average molecular weight is 284 g/mol. The van der Waals surface area contributed by atoms with Crippen LogP contribution in [0.1, 0.15) is 105 Å². The smallest absolute Gasteiger partial charge is 0.00408 e. The van der Waals surface area contributed by atoms with Crippen molar-refractivity contribution in [3.8, 4) is 0 Å². The van der Waals surface area contributed by atoms with Gasteiger partial charge in [-0.2, -0.15) is 0 Å². The summed E-state index contributed by atoms with van der Waals surface area (Å²) in [6.07, 6.45) is 17.1. The van der Waals surface area contributed by atoms with Gasteiger partial charge >= 0.3 is 0 Å². The van der Waals surface area contributed by atoms with Crippen LogP contribution in [0, 0.1) is 5.41 Å². The van der Waals surface area contributed by atoms with E-state index in [4.69, 9.17) is 0 Å². The second-order valence-corrected chi connectivity index (χ2v) is 7.49. The lowest BCUT2D eigenvalue weighted by Gasteiger charge is -2.28. The Labute approximate surface area is 129 Å². The lowest BCUT2D eigenvalue weighted by Crippen LogP contribution is -2.28. The predicted octanol–water partition coefficient (Wildman–Crippen LogP) is 6.32. The van der Waals surface area contributed by atoms with Crippen molar-refractivity contribution >= 4 is 0 Å². The third-order valence-electron chi connectivity index (χ3n) is 4.56. The van der Waals surface area contributed by atoms with Crippen LogP contribution < -0.4 is 5.32 Å². The molecule has 0 aliphatic heterocycles. The van der Waals surface area contributed by atoms with Gasteiger partial charge in [-0.25, -0.2) is 0 Å². The molecule has 0 aromatic carbocycles. The first-order chi connectivity index (χ1) is 9.52. The third-order valence-corrected chi connectivity index (χ3v) is 4.56. The molecule has 0 aromatic rings. The van der Waals surface area contributed by atoms with Gasteiger partial charge in [0, 0.05) is 6.04 Å². The first-order valence-electron chi connectivity index (χ1n) is 9.19. The van der Waals surface area contributed by atoms with Gasteiger partial charge in [0.15, 0.2) is 0 Å². The van der Waals surface area contributed by atoms with Crippen LogP contribution in [-0.2, 0) is 0 Å². The van der Waals surface area contributed by atoms with Crippen LogP contribution in [0.3, 0.4) is 0 Å². The first-order valence-corrected chi connectivity index (χ1v) is 9.19. The topological polar surface area (TPSA) is 12.0 Å². The Bertz CT molecular complexity index is 198. The highest BCUT2D eigenvalue weighted by Crippen LogP contribution is 2.29. The van der Waals surface area contributed by atoms with Gasteiger partial charge in [-0.15, -0.1) is 0 Å². The van der Waals surface area contributed by atoms with E-state index in [1.165, 1.54) is 77.0 Å². The Morgan fingerprint density at radius 2 is 1.25 bits per heavy atom. The van der Waals surface area contributed by atoms with E-state index < -0.39 is 0 Å². The van der Waals surface area contributed by atoms with Gasteiger partial charge in [0.25, 0.3) is 0 Å². The van der Waals surface area contributed by atoms with E-state index in [0.29, 0.717) is 11.5 Å². The van der Waals surface area contributed by atoms with Crippen LogP contribution in [0.2, 0.25) is 0 Å². The average Bonchev–Trinajstić information content (AvgIpc) is 2.40. The molecule has 0 aliphatic carbocycles. The Hall–Kier alpha value is -0.0400. The van der Waals surface area contributed by atoms with Crippen molar-refractivity contribution in [2.45, 2.75) is 111 Å². The highest BCUT2D eigenvalue weighted by molar-refractivity contribution is 4.74. The molecule has 0 spiro atoms. The number of hydrogen-bond donors (Lipinski definition) is 1. The zero-order valence-electron chi connectivity index (χ0n) is 15.1. The van der Waals surface area contributed by atoms with Gasteiger partial charge in [-0.3, -0.25) is 0 Å². The molecule has 0 radical (unpaired) electrons. The van der Waals surface area contributed by atoms with Crippen LogP contribution in [0.15, 0.2) is 0 Å². The molecule has 1 atom stereocenters. The molecule has 0 fully saturated rings. The normalized spacial score (nSPS) is 13.7. The predicted molar refractivity (Wildman–Crippen MR) is 93.4 cm³/mol. The number of nitrogens with one attached hydrogen (secondary N) is 1. The summed E-state index contributed by atoms with van der Waals surface area (Å²) in [7, 11) is 2.07. The number of unbranched alkanes of at least 4 members (excludes halogenated alkanes) is 9. The van der Waals surface area contributed by atoms with Gasteiger partial charge in [-0.1, -0.05) is 85.0 Å². The standard InChI is InChI=1S/C19H41N/c1-6-7-8-9-10-11-12-13-14-15-16-19(3,4)17-18(2)20-5/h18,20H,6-17H2,1-5H3. The van der Waals surface area contributed by atoms with Crippen LogP contribution in [0.25, 0.3) is 0 Å². The quantitative estimate of drug-likeness (QED) is 0.368. The largest absolute Gasteiger partial charge is 0.317 e. The molecule has 1 heteroatoms. The van der Waals surface area contributed by atoms with Gasteiger partial charge in [0.05, 0.1) is 0 Å². The zero-order chi connectivity index (χ0) is 15.3. The van der Waals surface area contributed by atoms with Gasteiger partial charge in [-0.05, 0) is 32.2 Å². The summed E-state index contributed by atoms with van der Waals surface area (Å²) in [4.78, 5) is 0. The molecule has 0 aromatic heterocycles. The molecule has 1 nitrogen and oxygen atoms in total. The van der Waals surface area contributed by atoms with E-state index in [-0.39, 0.29) is 0 Å². The van der Waals surface area contributed by atoms with Crippen molar-refractivity contribution in [3.05, 3.63) is 0 Å². The van der Waals surface area contributed by atoms with Crippen molar-refractivity contribution in [1.29, 1.82) is 0 Å². The molecule has 0 saturated heterocycles. The van der Waals surface area contributed by atoms with E-state index in [1.54, 1.807) is 0 Å². The SMILES string of the molecule is CCCCCCCCCCCCC(C)(C)CC(C)NC. The molecule has 0 heterocycles. The Balaban J connectivity index is 3.34. The minimum absolute atomic E-state index is 0.503. The lowest BCUT2D eigenvalue weighted by molar-refractivity contribution is 0.263. The summed E-state index contributed by atoms with van der Waals surface area (Å²) in [6.45, 7) is 9.43. The molecule has 122 valence electrons. The molecule has 0 aliphatic rings. The number of rotatable bonds is 14. The van der Waals surface area contributed by atoms with Crippen LogP contribution in [-0.4, -0.2) is 13.1 Å². The van der Waals surface area contributed by atoms with Crippen LogP contribution in [0.4, 0.5) is 0 Å². The van der Waals surface area contributed by atoms with Crippen molar-refractivity contribution in [2.24, 2.45) is 5.41 Å². The van der Waals surface area contributed by atoms with Gasteiger partial charge in [0.1, 0.15) is 0 Å². The maximum absolute atomic E-state index is 3.36. The van der Waals surface area contributed by atoms with Crippen molar-refractivity contribution in [2.75, 3.05) is 7.05 Å². The van der Waals surface area contributed by atoms with E-state index in [1.807, 2.05) is 0 Å². The monoisotopic (exact) mass is 283 g/mol. The summed E-state index contributed by atoms with van der Waals surface area (Å²) >= 11 is 0. The van der Waals surface area contributed by atoms with E-state index in [9.17, 15) is 0 Å². The second-order valence-electron chi connectivity index (χ2n) is 7.49. The Morgan fingerprint density at radius 1 is 0.800 bits per heavy atom. The van der Waals surface area contributed by atoms with Crippen molar-refractivity contribution < 1.29 is 0 Å². The summed E-state index contributed by atoms with van der Waals surface area (Å²) in [5, 5.41) is 3.36.